The standard InChI is InChI=1S/C20H20ClN3O4/c1-12-7-9-23-17(19(22)25)18(12)24-11-13(4-2-3-8-21)15-10-14(28-20(26)27)5-6-16(15)24/h5-7,9-11H,2-4,8H2,1H3,(H2,22,25)(H,26,27). The van der Waals surface area contributed by atoms with Gasteiger partial charge in [-0.3, -0.25) is 4.79 Å². The molecule has 0 aliphatic rings. The van der Waals surface area contributed by atoms with Crippen molar-refractivity contribution in [3.05, 3.63) is 53.5 Å². The Morgan fingerprint density at radius 2 is 2.07 bits per heavy atom. The van der Waals surface area contributed by atoms with Gasteiger partial charge in [-0.15, -0.1) is 11.6 Å². The van der Waals surface area contributed by atoms with Crippen molar-refractivity contribution in [2.24, 2.45) is 5.73 Å². The van der Waals surface area contributed by atoms with Gasteiger partial charge in [0.15, 0.2) is 5.69 Å². The maximum atomic E-state index is 11.9. The molecule has 0 aliphatic carbocycles. The number of benzene rings is 1. The van der Waals surface area contributed by atoms with Gasteiger partial charge in [0.2, 0.25) is 0 Å². The van der Waals surface area contributed by atoms with Crippen molar-refractivity contribution in [2.75, 3.05) is 5.88 Å². The number of carbonyl (C=O) groups excluding carboxylic acids is 1. The Hall–Kier alpha value is -3.06. The highest BCUT2D eigenvalue weighted by atomic mass is 35.5. The summed E-state index contributed by atoms with van der Waals surface area (Å²) < 4.78 is 6.68. The fraction of sp³-hybridized carbons (Fsp3) is 0.250. The fourth-order valence-electron chi connectivity index (χ4n) is 3.27. The number of nitrogens with two attached hydrogens (primary N) is 1. The van der Waals surface area contributed by atoms with E-state index >= 15 is 0 Å². The van der Waals surface area contributed by atoms with Crippen LogP contribution in [0, 0.1) is 6.92 Å². The summed E-state index contributed by atoms with van der Waals surface area (Å²) in [6.45, 7) is 1.88. The first-order valence-corrected chi connectivity index (χ1v) is 9.32. The van der Waals surface area contributed by atoms with Gasteiger partial charge in [0.25, 0.3) is 5.91 Å². The summed E-state index contributed by atoms with van der Waals surface area (Å²) in [7, 11) is 0. The van der Waals surface area contributed by atoms with E-state index in [0.717, 1.165) is 41.3 Å². The summed E-state index contributed by atoms with van der Waals surface area (Å²) >= 11 is 5.80. The molecule has 28 heavy (non-hydrogen) atoms. The highest BCUT2D eigenvalue weighted by Crippen LogP contribution is 2.31. The van der Waals surface area contributed by atoms with Crippen LogP contribution in [0.25, 0.3) is 16.6 Å². The van der Waals surface area contributed by atoms with Crippen LogP contribution in [-0.2, 0) is 6.42 Å². The lowest BCUT2D eigenvalue weighted by Crippen LogP contribution is -2.17. The van der Waals surface area contributed by atoms with Crippen molar-refractivity contribution in [3.8, 4) is 11.4 Å². The molecule has 1 aromatic carbocycles. The van der Waals surface area contributed by atoms with Crippen LogP contribution in [0.1, 0.15) is 34.5 Å². The summed E-state index contributed by atoms with van der Waals surface area (Å²) in [5.41, 5.74) is 8.96. The van der Waals surface area contributed by atoms with Crippen molar-refractivity contribution < 1.29 is 19.4 Å². The topological polar surface area (TPSA) is 107 Å². The Bertz CT molecular complexity index is 1050. The minimum Gasteiger partial charge on any atom is -0.449 e. The molecule has 3 N–H and O–H groups in total. The van der Waals surface area contributed by atoms with Crippen molar-refractivity contribution >= 4 is 34.6 Å². The summed E-state index contributed by atoms with van der Waals surface area (Å²) in [6, 6.07) is 6.83. The predicted molar refractivity (Wildman–Crippen MR) is 107 cm³/mol. The van der Waals surface area contributed by atoms with Gasteiger partial charge in [0, 0.05) is 23.7 Å². The number of hydrogen-bond donors (Lipinski definition) is 2. The van der Waals surface area contributed by atoms with E-state index in [1.54, 1.807) is 24.4 Å². The van der Waals surface area contributed by atoms with E-state index in [-0.39, 0.29) is 11.4 Å². The summed E-state index contributed by atoms with van der Waals surface area (Å²) in [5.74, 6) is 0.184. The monoisotopic (exact) mass is 401 g/mol. The number of halogens is 1. The highest BCUT2D eigenvalue weighted by molar-refractivity contribution is 6.17. The van der Waals surface area contributed by atoms with Crippen molar-refractivity contribution in [1.82, 2.24) is 9.55 Å². The van der Waals surface area contributed by atoms with E-state index < -0.39 is 12.1 Å². The largest absolute Gasteiger partial charge is 0.511 e. The Kier molecular flexibility index (Phi) is 5.84. The molecule has 2 heterocycles. The Morgan fingerprint density at radius 1 is 1.29 bits per heavy atom. The number of carbonyl (C=O) groups is 2. The molecule has 0 bridgehead atoms. The van der Waals surface area contributed by atoms with Crippen LogP contribution in [0.5, 0.6) is 5.75 Å². The first-order valence-electron chi connectivity index (χ1n) is 8.79. The van der Waals surface area contributed by atoms with Crippen molar-refractivity contribution in [3.63, 3.8) is 0 Å². The van der Waals surface area contributed by atoms with E-state index in [9.17, 15) is 9.59 Å². The third kappa shape index (κ3) is 3.94. The average molecular weight is 402 g/mol. The van der Waals surface area contributed by atoms with E-state index in [4.69, 9.17) is 27.2 Å². The first kappa shape index (κ1) is 19.7. The molecule has 1 amide bonds. The number of alkyl halides is 1. The van der Waals surface area contributed by atoms with Crippen LogP contribution < -0.4 is 10.5 Å². The number of primary amides is 1. The van der Waals surface area contributed by atoms with Gasteiger partial charge >= 0.3 is 6.16 Å². The van der Waals surface area contributed by atoms with Crippen molar-refractivity contribution in [2.45, 2.75) is 26.2 Å². The Labute approximate surface area is 166 Å². The van der Waals surface area contributed by atoms with E-state index in [0.29, 0.717) is 11.6 Å². The molecule has 8 heteroatoms. The van der Waals surface area contributed by atoms with Gasteiger partial charge in [0.1, 0.15) is 5.75 Å². The van der Waals surface area contributed by atoms with Gasteiger partial charge < -0.3 is 20.1 Å². The zero-order valence-electron chi connectivity index (χ0n) is 15.3. The normalized spacial score (nSPS) is 10.9. The molecular weight excluding hydrogens is 382 g/mol. The quantitative estimate of drug-likeness (QED) is 0.269. The molecule has 0 saturated carbocycles. The van der Waals surface area contributed by atoms with Gasteiger partial charge in [-0.1, -0.05) is 0 Å². The molecule has 3 rings (SSSR count). The van der Waals surface area contributed by atoms with E-state index in [1.165, 1.54) is 0 Å². The smallest absolute Gasteiger partial charge is 0.449 e. The Morgan fingerprint density at radius 3 is 2.75 bits per heavy atom. The number of rotatable bonds is 7. The summed E-state index contributed by atoms with van der Waals surface area (Å²) in [4.78, 5) is 27.0. The molecule has 0 atom stereocenters. The molecule has 0 aliphatic heterocycles. The summed E-state index contributed by atoms with van der Waals surface area (Å²) in [6.07, 6.45) is 4.59. The van der Waals surface area contributed by atoms with E-state index in [2.05, 4.69) is 4.98 Å². The molecule has 0 spiro atoms. The third-order valence-electron chi connectivity index (χ3n) is 4.49. The highest BCUT2D eigenvalue weighted by Gasteiger charge is 2.18. The van der Waals surface area contributed by atoms with Crippen LogP contribution in [0.15, 0.2) is 36.7 Å². The van der Waals surface area contributed by atoms with Crippen LogP contribution in [0.3, 0.4) is 0 Å². The van der Waals surface area contributed by atoms with Crippen LogP contribution in [0.2, 0.25) is 0 Å². The lowest BCUT2D eigenvalue weighted by Gasteiger charge is -2.12. The average Bonchev–Trinajstić information content (AvgIpc) is 2.99. The molecular formula is C20H20ClN3O4. The molecule has 0 unspecified atom stereocenters. The molecule has 0 radical (unpaired) electrons. The lowest BCUT2D eigenvalue weighted by atomic mass is 10.1. The van der Waals surface area contributed by atoms with Gasteiger partial charge in [-0.2, -0.15) is 0 Å². The Balaban J connectivity index is 2.21. The zero-order chi connectivity index (χ0) is 20.3. The predicted octanol–water partition coefficient (Wildman–Crippen LogP) is 4.05. The number of aryl methyl sites for hydroxylation is 2. The third-order valence-corrected chi connectivity index (χ3v) is 4.76. The van der Waals surface area contributed by atoms with Gasteiger partial charge in [-0.05, 0) is 61.6 Å². The number of amides is 1. The number of aromatic nitrogens is 2. The number of ether oxygens (including phenoxy) is 1. The van der Waals surface area contributed by atoms with Crippen LogP contribution >= 0.6 is 11.6 Å². The minimum absolute atomic E-state index is 0.176. The number of hydrogen-bond acceptors (Lipinski definition) is 4. The lowest BCUT2D eigenvalue weighted by molar-refractivity contribution is 0.0995. The maximum absolute atomic E-state index is 11.9. The summed E-state index contributed by atoms with van der Waals surface area (Å²) in [5, 5.41) is 9.74. The molecule has 146 valence electrons. The number of fused-ring (bicyclic) bond motifs is 1. The SMILES string of the molecule is Cc1ccnc(C(N)=O)c1-n1cc(CCCCCl)c2cc(OC(=O)O)ccc21. The molecule has 2 aromatic heterocycles. The fourth-order valence-corrected chi connectivity index (χ4v) is 3.46. The molecule has 0 fully saturated rings. The van der Waals surface area contributed by atoms with Crippen LogP contribution in [0.4, 0.5) is 4.79 Å². The second-order valence-electron chi connectivity index (χ2n) is 6.41. The number of pyridine rings is 1. The van der Waals surface area contributed by atoms with Crippen molar-refractivity contribution in [1.29, 1.82) is 0 Å². The van der Waals surface area contributed by atoms with E-state index in [1.807, 2.05) is 23.8 Å². The number of unbranched alkanes of at least 4 members (excludes halogenated alkanes) is 1. The maximum Gasteiger partial charge on any atom is 0.511 e. The second-order valence-corrected chi connectivity index (χ2v) is 6.78. The molecule has 3 aromatic rings. The second kappa shape index (κ2) is 8.31. The van der Waals surface area contributed by atoms with Crippen LogP contribution in [-0.4, -0.2) is 32.6 Å². The first-order chi connectivity index (χ1) is 13.4. The molecule has 0 saturated heterocycles. The van der Waals surface area contributed by atoms with Gasteiger partial charge in [-0.25, -0.2) is 9.78 Å². The molecule has 7 nitrogen and oxygen atoms in total. The van der Waals surface area contributed by atoms with Gasteiger partial charge in [0.05, 0.1) is 11.2 Å². The number of nitrogens with zero attached hydrogens (tertiary/aromatic N) is 2. The minimum atomic E-state index is -1.37. The zero-order valence-corrected chi connectivity index (χ0v) is 16.1. The number of carboxylic acid groups (broad SMARTS) is 1.